The molecule has 0 saturated heterocycles. The highest BCUT2D eigenvalue weighted by Crippen LogP contribution is 2.20. The minimum Gasteiger partial charge on any atom is -0.383 e. The topological polar surface area (TPSA) is 68.9 Å². The molecule has 1 atom stereocenters. The molecule has 0 aliphatic rings. The molecule has 0 aromatic heterocycles. The van der Waals surface area contributed by atoms with Crippen LogP contribution in [-0.4, -0.2) is 39.9 Å². The summed E-state index contributed by atoms with van der Waals surface area (Å²) in [6.45, 7) is 1.64. The van der Waals surface area contributed by atoms with Gasteiger partial charge in [-0.05, 0) is 17.7 Å². The smallest absolute Gasteiger partial charge is 0.188 e. The summed E-state index contributed by atoms with van der Waals surface area (Å²) >= 11 is 5.95. The third kappa shape index (κ3) is 5.92. The molecule has 19 heavy (non-hydrogen) atoms. The zero-order chi connectivity index (χ0) is 14.1. The average Bonchev–Trinajstić information content (AvgIpc) is 2.40. The average molecular weight is 286 g/mol. The highest BCUT2D eigenvalue weighted by atomic mass is 35.5. The lowest BCUT2D eigenvalue weighted by Gasteiger charge is -2.14. The molecule has 0 fully saturated rings. The van der Waals surface area contributed by atoms with Gasteiger partial charge in [-0.2, -0.15) is 0 Å². The van der Waals surface area contributed by atoms with Crippen molar-refractivity contribution in [1.82, 2.24) is 5.32 Å². The summed E-state index contributed by atoms with van der Waals surface area (Å²) in [4.78, 5) is 4.23. The van der Waals surface area contributed by atoms with E-state index in [0.717, 1.165) is 5.56 Å². The van der Waals surface area contributed by atoms with Crippen LogP contribution in [0.1, 0.15) is 11.7 Å². The Hall–Kier alpha value is -1.30. The second kappa shape index (κ2) is 8.74. The molecule has 0 bridgehead atoms. The Labute approximate surface area is 118 Å². The molecule has 1 unspecified atom stereocenters. The summed E-state index contributed by atoms with van der Waals surface area (Å²) in [5, 5.41) is 3.62. The van der Waals surface area contributed by atoms with Gasteiger partial charge in [0.25, 0.3) is 0 Å². The second-order valence-corrected chi connectivity index (χ2v) is 4.36. The number of hydrogen-bond acceptors (Lipinski definition) is 3. The molecule has 1 aromatic carbocycles. The Balaban J connectivity index is 2.55. The fourth-order valence-corrected chi connectivity index (χ4v) is 1.74. The number of aliphatic imine (C=N–C) groups is 1. The van der Waals surface area contributed by atoms with Crippen molar-refractivity contribution in [1.29, 1.82) is 0 Å². The van der Waals surface area contributed by atoms with E-state index in [-0.39, 0.29) is 6.10 Å². The molecule has 0 heterocycles. The number of benzene rings is 1. The molecule has 1 rings (SSSR count). The minimum absolute atomic E-state index is 0.165. The predicted molar refractivity (Wildman–Crippen MR) is 77.6 cm³/mol. The molecule has 0 amide bonds. The van der Waals surface area contributed by atoms with E-state index in [9.17, 15) is 0 Å². The maximum absolute atomic E-state index is 5.95. The van der Waals surface area contributed by atoms with Crippen LogP contribution in [0.5, 0.6) is 0 Å². The van der Waals surface area contributed by atoms with Crippen molar-refractivity contribution in [2.75, 3.05) is 33.9 Å². The lowest BCUT2D eigenvalue weighted by Crippen LogP contribution is -2.34. The number of rotatable bonds is 7. The Morgan fingerprint density at radius 2 is 2.26 bits per heavy atom. The van der Waals surface area contributed by atoms with Gasteiger partial charge in [0.05, 0.1) is 13.2 Å². The summed E-state index contributed by atoms with van der Waals surface area (Å²) in [6.07, 6.45) is -0.165. The Morgan fingerprint density at radius 3 is 2.89 bits per heavy atom. The number of ether oxygens (including phenoxy) is 2. The normalized spacial score (nSPS) is 13.3. The van der Waals surface area contributed by atoms with Gasteiger partial charge >= 0.3 is 0 Å². The van der Waals surface area contributed by atoms with Crippen LogP contribution < -0.4 is 11.1 Å². The standard InChI is InChI=1S/C13H20ClN3O2/c1-18-7-6-16-13(15)17-9-12(19-2)10-4-3-5-11(14)8-10/h3-5,8,12H,6-7,9H2,1-2H3,(H3,15,16,17). The molecule has 0 saturated carbocycles. The second-order valence-electron chi connectivity index (χ2n) is 3.92. The lowest BCUT2D eigenvalue weighted by molar-refractivity contribution is 0.111. The first kappa shape index (κ1) is 15.8. The molecule has 6 heteroatoms. The molecule has 106 valence electrons. The van der Waals surface area contributed by atoms with E-state index >= 15 is 0 Å². The van der Waals surface area contributed by atoms with Crippen molar-refractivity contribution >= 4 is 17.6 Å². The van der Waals surface area contributed by atoms with Gasteiger partial charge in [0.1, 0.15) is 6.10 Å². The van der Waals surface area contributed by atoms with Gasteiger partial charge in [-0.15, -0.1) is 0 Å². The summed E-state index contributed by atoms with van der Waals surface area (Å²) < 4.78 is 10.3. The Morgan fingerprint density at radius 1 is 1.47 bits per heavy atom. The van der Waals surface area contributed by atoms with Crippen LogP contribution in [0.2, 0.25) is 5.02 Å². The van der Waals surface area contributed by atoms with Crippen LogP contribution in [0.3, 0.4) is 0 Å². The van der Waals surface area contributed by atoms with Crippen LogP contribution in [0.15, 0.2) is 29.3 Å². The van der Waals surface area contributed by atoms with Crippen molar-refractivity contribution in [3.8, 4) is 0 Å². The van der Waals surface area contributed by atoms with Gasteiger partial charge < -0.3 is 20.5 Å². The molecule has 0 aliphatic heterocycles. The largest absolute Gasteiger partial charge is 0.383 e. The van der Waals surface area contributed by atoms with Gasteiger partial charge in [0.2, 0.25) is 0 Å². The van der Waals surface area contributed by atoms with Crippen molar-refractivity contribution in [2.45, 2.75) is 6.10 Å². The Bertz CT molecular complexity index is 413. The van der Waals surface area contributed by atoms with Crippen molar-refractivity contribution in [3.63, 3.8) is 0 Å². The highest BCUT2D eigenvalue weighted by Gasteiger charge is 2.10. The first-order chi connectivity index (χ1) is 9.17. The number of methoxy groups -OCH3 is 2. The van der Waals surface area contributed by atoms with Crippen LogP contribution >= 0.6 is 11.6 Å². The van der Waals surface area contributed by atoms with Crippen LogP contribution in [-0.2, 0) is 9.47 Å². The van der Waals surface area contributed by atoms with Gasteiger partial charge in [-0.3, -0.25) is 4.99 Å². The predicted octanol–water partition coefficient (Wildman–Crippen LogP) is 1.58. The third-order valence-corrected chi connectivity index (χ3v) is 2.78. The zero-order valence-corrected chi connectivity index (χ0v) is 12.0. The van der Waals surface area contributed by atoms with Crippen LogP contribution in [0, 0.1) is 0 Å². The first-order valence-electron chi connectivity index (χ1n) is 5.98. The zero-order valence-electron chi connectivity index (χ0n) is 11.2. The fraction of sp³-hybridized carbons (Fsp3) is 0.462. The number of nitrogens with zero attached hydrogens (tertiary/aromatic N) is 1. The van der Waals surface area contributed by atoms with E-state index < -0.39 is 0 Å². The molecule has 1 aromatic rings. The van der Waals surface area contributed by atoms with Gasteiger partial charge in [-0.1, -0.05) is 23.7 Å². The van der Waals surface area contributed by atoms with Crippen molar-refractivity contribution in [2.24, 2.45) is 10.7 Å². The molecular weight excluding hydrogens is 266 g/mol. The third-order valence-electron chi connectivity index (χ3n) is 2.54. The summed E-state index contributed by atoms with van der Waals surface area (Å²) in [5.41, 5.74) is 6.70. The van der Waals surface area contributed by atoms with Gasteiger partial charge in [0.15, 0.2) is 5.96 Å². The molecule has 3 N–H and O–H groups in total. The lowest BCUT2D eigenvalue weighted by atomic mass is 10.1. The summed E-state index contributed by atoms with van der Waals surface area (Å²) in [6, 6.07) is 7.51. The summed E-state index contributed by atoms with van der Waals surface area (Å²) in [7, 11) is 3.27. The molecular formula is C13H20ClN3O2. The molecule has 0 spiro atoms. The van der Waals surface area contributed by atoms with E-state index in [1.54, 1.807) is 14.2 Å². The van der Waals surface area contributed by atoms with E-state index in [2.05, 4.69) is 10.3 Å². The minimum atomic E-state index is -0.165. The van der Waals surface area contributed by atoms with Crippen LogP contribution in [0.25, 0.3) is 0 Å². The Kier molecular flexibility index (Phi) is 7.25. The molecule has 0 radical (unpaired) electrons. The number of halogens is 1. The van der Waals surface area contributed by atoms with E-state index in [1.807, 2.05) is 24.3 Å². The van der Waals surface area contributed by atoms with Crippen molar-refractivity contribution in [3.05, 3.63) is 34.9 Å². The highest BCUT2D eigenvalue weighted by molar-refractivity contribution is 6.30. The van der Waals surface area contributed by atoms with Gasteiger partial charge in [-0.25, -0.2) is 0 Å². The number of nitrogens with two attached hydrogens (primary N) is 1. The SMILES string of the molecule is COCCNC(N)=NCC(OC)c1cccc(Cl)c1. The quantitative estimate of drug-likeness (QED) is 0.453. The number of guanidine groups is 1. The van der Waals surface area contributed by atoms with E-state index in [1.165, 1.54) is 0 Å². The van der Waals surface area contributed by atoms with Crippen LogP contribution in [0.4, 0.5) is 0 Å². The molecule has 5 nitrogen and oxygen atoms in total. The monoisotopic (exact) mass is 285 g/mol. The fourth-order valence-electron chi connectivity index (χ4n) is 1.54. The van der Waals surface area contributed by atoms with E-state index in [4.69, 9.17) is 26.8 Å². The summed E-state index contributed by atoms with van der Waals surface area (Å²) in [5.74, 6) is 0.376. The number of nitrogens with one attached hydrogen (secondary N) is 1. The maximum Gasteiger partial charge on any atom is 0.188 e. The maximum atomic E-state index is 5.95. The van der Waals surface area contributed by atoms with E-state index in [0.29, 0.717) is 30.7 Å². The van der Waals surface area contributed by atoms with Crippen molar-refractivity contribution < 1.29 is 9.47 Å². The van der Waals surface area contributed by atoms with Gasteiger partial charge in [0, 0.05) is 25.8 Å². The first-order valence-corrected chi connectivity index (χ1v) is 6.36. The number of hydrogen-bond donors (Lipinski definition) is 2. The molecule has 0 aliphatic carbocycles.